The molecule has 0 unspecified atom stereocenters. The fourth-order valence-electron chi connectivity index (χ4n) is 7.26. The minimum Gasteiger partial charge on any atom is -0.247 e. The predicted molar refractivity (Wildman–Crippen MR) is 229 cm³/mol. The first-order valence-electron chi connectivity index (χ1n) is 18.3. The van der Waals surface area contributed by atoms with Crippen LogP contribution in [0.5, 0.6) is 0 Å². The summed E-state index contributed by atoms with van der Waals surface area (Å²) in [5.41, 5.74) is 11.7. The van der Waals surface area contributed by atoms with Crippen LogP contribution < -0.4 is 0 Å². The summed E-state index contributed by atoms with van der Waals surface area (Å²) in [6.45, 7) is 0. The van der Waals surface area contributed by atoms with Crippen molar-refractivity contribution >= 4 is 32.3 Å². The maximum atomic E-state index is 5.35. The first-order chi connectivity index (χ1) is 27.3. The average Bonchev–Trinajstić information content (AvgIpc) is 3.68. The highest BCUT2D eigenvalue weighted by atomic mass is 32.1. The highest BCUT2D eigenvalue weighted by Gasteiger charge is 2.23. The van der Waals surface area contributed by atoms with Crippen LogP contribution in [0.2, 0.25) is 0 Å². The molecule has 0 atom stereocenters. The van der Waals surface area contributed by atoms with E-state index in [-0.39, 0.29) is 0 Å². The molecule has 5 heteroatoms. The zero-order valence-electron chi connectivity index (χ0n) is 29.7. The van der Waals surface area contributed by atoms with Crippen LogP contribution >= 0.6 is 11.3 Å². The Kier molecular flexibility index (Phi) is 8.32. The number of benzene rings is 7. The lowest BCUT2D eigenvalue weighted by molar-refractivity contribution is 1.07. The average molecular weight is 721 g/mol. The zero-order chi connectivity index (χ0) is 36.6. The summed E-state index contributed by atoms with van der Waals surface area (Å²) in [5, 5.41) is 2.30. The summed E-state index contributed by atoms with van der Waals surface area (Å²) in [4.78, 5) is 21.5. The Morgan fingerprint density at radius 1 is 0.327 bits per heavy atom. The zero-order valence-corrected chi connectivity index (χ0v) is 30.5. The molecular formula is C50H32N4S. The molecule has 0 bridgehead atoms. The van der Waals surface area contributed by atoms with Crippen molar-refractivity contribution in [2.45, 2.75) is 0 Å². The van der Waals surface area contributed by atoms with Crippen LogP contribution in [-0.4, -0.2) is 19.9 Å². The van der Waals surface area contributed by atoms with E-state index in [0.717, 1.165) is 49.8 Å². The Labute approximate surface area is 323 Å². The summed E-state index contributed by atoms with van der Waals surface area (Å²) in [6, 6.07) is 67.4. The van der Waals surface area contributed by atoms with Gasteiger partial charge in [-0.3, -0.25) is 0 Å². The first kappa shape index (κ1) is 32.6. The molecule has 0 fully saturated rings. The van der Waals surface area contributed by atoms with Crippen LogP contribution in [0.1, 0.15) is 0 Å². The number of nitrogens with zero attached hydrogens (tertiary/aromatic N) is 4. The van der Waals surface area contributed by atoms with Crippen molar-refractivity contribution in [2.24, 2.45) is 0 Å². The summed E-state index contributed by atoms with van der Waals surface area (Å²) in [5.74, 6) is 1.91. The Bertz CT molecular complexity index is 2890. The SMILES string of the molecule is c1ccc(-c2cccc(-c3sc4c(c(-c5ccccc5)nc5ccccc54)c3-c3ccc(-c4nc(-c5ccccc5)nc(-c5ccccc5)n4)cc3)c2)cc1. The van der Waals surface area contributed by atoms with Gasteiger partial charge in [0.25, 0.3) is 0 Å². The van der Waals surface area contributed by atoms with Crippen molar-refractivity contribution in [3.8, 4) is 78.1 Å². The molecule has 3 aromatic heterocycles. The number of para-hydroxylation sites is 1. The van der Waals surface area contributed by atoms with Gasteiger partial charge in [-0.05, 0) is 34.4 Å². The third kappa shape index (κ3) is 6.17. The molecule has 55 heavy (non-hydrogen) atoms. The van der Waals surface area contributed by atoms with Crippen LogP contribution in [0, 0.1) is 0 Å². The molecule has 7 aromatic carbocycles. The number of thiophene rings is 1. The highest BCUT2D eigenvalue weighted by molar-refractivity contribution is 7.24. The van der Waals surface area contributed by atoms with Gasteiger partial charge in [0.05, 0.1) is 11.2 Å². The molecule has 10 aromatic rings. The van der Waals surface area contributed by atoms with E-state index in [4.69, 9.17) is 19.9 Å². The Morgan fingerprint density at radius 2 is 0.782 bits per heavy atom. The topological polar surface area (TPSA) is 51.6 Å². The molecule has 0 saturated carbocycles. The normalized spacial score (nSPS) is 11.3. The number of hydrogen-bond donors (Lipinski definition) is 0. The van der Waals surface area contributed by atoms with Gasteiger partial charge in [0.15, 0.2) is 17.5 Å². The van der Waals surface area contributed by atoms with E-state index >= 15 is 0 Å². The molecule has 0 aliphatic rings. The second-order valence-electron chi connectivity index (χ2n) is 13.4. The molecule has 4 nitrogen and oxygen atoms in total. The van der Waals surface area contributed by atoms with Gasteiger partial charge in [0.1, 0.15) is 0 Å². The fraction of sp³-hybridized carbons (Fsp3) is 0. The standard InChI is InChI=1S/C50H32N4S/c1-5-16-33(17-6-1)39-24-15-25-40(32-39)46-43(44-45(35-18-7-2-8-19-35)51-42-27-14-13-26-41(42)47(44)55-46)34-28-30-38(31-29-34)50-53-48(36-20-9-3-10-21-36)52-49(54-50)37-22-11-4-12-23-37/h1-32H. The summed E-state index contributed by atoms with van der Waals surface area (Å²) < 4.78 is 1.22. The molecule has 10 rings (SSSR count). The molecule has 0 amide bonds. The van der Waals surface area contributed by atoms with E-state index in [1.807, 2.05) is 72.0 Å². The minimum absolute atomic E-state index is 0.628. The van der Waals surface area contributed by atoms with Gasteiger partial charge in [0.2, 0.25) is 0 Å². The molecule has 258 valence electrons. The van der Waals surface area contributed by atoms with Crippen LogP contribution in [-0.2, 0) is 0 Å². The monoisotopic (exact) mass is 720 g/mol. The third-order valence-corrected chi connectivity index (χ3v) is 11.2. The van der Waals surface area contributed by atoms with Gasteiger partial charge in [-0.1, -0.05) is 182 Å². The van der Waals surface area contributed by atoms with Crippen molar-refractivity contribution in [2.75, 3.05) is 0 Å². The maximum absolute atomic E-state index is 5.35. The van der Waals surface area contributed by atoms with Gasteiger partial charge in [-0.25, -0.2) is 19.9 Å². The smallest absolute Gasteiger partial charge is 0.164 e. The predicted octanol–water partition coefficient (Wildman–Crippen LogP) is 13.3. The molecule has 0 aliphatic heterocycles. The lowest BCUT2D eigenvalue weighted by Crippen LogP contribution is -2.00. The van der Waals surface area contributed by atoms with Crippen molar-refractivity contribution in [3.63, 3.8) is 0 Å². The van der Waals surface area contributed by atoms with Crippen molar-refractivity contribution in [3.05, 3.63) is 194 Å². The second kappa shape index (κ2) is 14.0. The minimum atomic E-state index is 0.628. The van der Waals surface area contributed by atoms with Crippen LogP contribution in [0.15, 0.2) is 194 Å². The highest BCUT2D eigenvalue weighted by Crippen LogP contribution is 2.50. The number of fused-ring (bicyclic) bond motifs is 3. The number of aromatic nitrogens is 4. The van der Waals surface area contributed by atoms with Crippen LogP contribution in [0.3, 0.4) is 0 Å². The summed E-state index contributed by atoms with van der Waals surface area (Å²) in [6.07, 6.45) is 0. The molecular weight excluding hydrogens is 689 g/mol. The Balaban J connectivity index is 1.19. The second-order valence-corrected chi connectivity index (χ2v) is 14.4. The van der Waals surface area contributed by atoms with Crippen LogP contribution in [0.4, 0.5) is 0 Å². The first-order valence-corrected chi connectivity index (χ1v) is 19.1. The van der Waals surface area contributed by atoms with Crippen molar-refractivity contribution in [1.29, 1.82) is 0 Å². The number of hydrogen-bond acceptors (Lipinski definition) is 5. The molecule has 0 N–H and O–H groups in total. The number of pyridine rings is 1. The van der Waals surface area contributed by atoms with E-state index in [2.05, 4.69) is 133 Å². The van der Waals surface area contributed by atoms with Gasteiger partial charge in [0, 0.05) is 48.2 Å². The quantitative estimate of drug-likeness (QED) is 0.164. The van der Waals surface area contributed by atoms with E-state index in [0.29, 0.717) is 17.5 Å². The van der Waals surface area contributed by atoms with E-state index in [9.17, 15) is 0 Å². The Morgan fingerprint density at radius 3 is 1.38 bits per heavy atom. The largest absolute Gasteiger partial charge is 0.247 e. The van der Waals surface area contributed by atoms with Gasteiger partial charge >= 0.3 is 0 Å². The van der Waals surface area contributed by atoms with Gasteiger partial charge < -0.3 is 0 Å². The van der Waals surface area contributed by atoms with E-state index in [1.165, 1.54) is 31.8 Å². The van der Waals surface area contributed by atoms with Gasteiger partial charge in [-0.2, -0.15) is 0 Å². The lowest BCUT2D eigenvalue weighted by Gasteiger charge is -2.12. The lowest BCUT2D eigenvalue weighted by atomic mass is 9.93. The van der Waals surface area contributed by atoms with Crippen molar-refractivity contribution < 1.29 is 0 Å². The summed E-state index contributed by atoms with van der Waals surface area (Å²) >= 11 is 1.84. The van der Waals surface area contributed by atoms with E-state index < -0.39 is 0 Å². The fourth-order valence-corrected chi connectivity index (χ4v) is 8.62. The maximum Gasteiger partial charge on any atom is 0.164 e. The molecule has 0 aliphatic carbocycles. The molecule has 0 radical (unpaired) electrons. The third-order valence-electron chi connectivity index (χ3n) is 9.94. The Hall–Kier alpha value is -7.08. The molecule has 0 saturated heterocycles. The van der Waals surface area contributed by atoms with Crippen LogP contribution in [0.25, 0.3) is 99.1 Å². The molecule has 3 heterocycles. The van der Waals surface area contributed by atoms with Gasteiger partial charge in [-0.15, -0.1) is 11.3 Å². The summed E-state index contributed by atoms with van der Waals surface area (Å²) in [7, 11) is 0. The molecule has 0 spiro atoms. The van der Waals surface area contributed by atoms with Crippen molar-refractivity contribution in [1.82, 2.24) is 19.9 Å². The van der Waals surface area contributed by atoms with E-state index in [1.54, 1.807) is 0 Å². The number of rotatable bonds is 7.